The van der Waals surface area contributed by atoms with Crippen molar-refractivity contribution in [2.24, 2.45) is 0 Å². The Bertz CT molecular complexity index is 445. The third-order valence-electron chi connectivity index (χ3n) is 3.58. The minimum Gasteiger partial charge on any atom is -0.379 e. The molecule has 0 bridgehead atoms. The van der Waals surface area contributed by atoms with Gasteiger partial charge < -0.3 is 15.4 Å². The highest BCUT2D eigenvalue weighted by Crippen LogP contribution is 2.14. The summed E-state index contributed by atoms with van der Waals surface area (Å²) in [6.45, 7) is 8.22. The summed E-state index contributed by atoms with van der Waals surface area (Å²) in [5.74, 6) is -0.0326. The molecular formula is C16H25N3O2. The normalized spacial score (nSPS) is 15.9. The van der Waals surface area contributed by atoms with E-state index in [2.05, 4.69) is 15.5 Å². The van der Waals surface area contributed by atoms with Gasteiger partial charge in [0, 0.05) is 32.2 Å². The molecule has 0 atom stereocenters. The molecule has 5 nitrogen and oxygen atoms in total. The van der Waals surface area contributed by atoms with E-state index in [1.807, 2.05) is 24.3 Å². The molecule has 1 aliphatic rings. The van der Waals surface area contributed by atoms with Gasteiger partial charge in [-0.25, -0.2) is 0 Å². The summed E-state index contributed by atoms with van der Waals surface area (Å²) in [6, 6.07) is 7.91. The van der Waals surface area contributed by atoms with Crippen molar-refractivity contribution in [3.63, 3.8) is 0 Å². The van der Waals surface area contributed by atoms with Gasteiger partial charge in [-0.15, -0.1) is 0 Å². The summed E-state index contributed by atoms with van der Waals surface area (Å²) in [5.41, 5.74) is 2.02. The Morgan fingerprint density at radius 1 is 1.29 bits per heavy atom. The number of anilines is 1. The van der Waals surface area contributed by atoms with E-state index in [0.717, 1.165) is 63.6 Å². The first kappa shape index (κ1) is 15.9. The zero-order valence-electron chi connectivity index (χ0n) is 12.7. The van der Waals surface area contributed by atoms with Crippen LogP contribution in [0.3, 0.4) is 0 Å². The van der Waals surface area contributed by atoms with Crippen LogP contribution in [0.15, 0.2) is 24.3 Å². The van der Waals surface area contributed by atoms with Crippen LogP contribution in [-0.4, -0.2) is 50.2 Å². The highest BCUT2D eigenvalue weighted by atomic mass is 16.5. The lowest BCUT2D eigenvalue weighted by atomic mass is 10.1. The van der Waals surface area contributed by atoms with Gasteiger partial charge in [0.25, 0.3) is 0 Å². The lowest BCUT2D eigenvalue weighted by Gasteiger charge is -2.26. The van der Waals surface area contributed by atoms with Crippen LogP contribution in [0.2, 0.25) is 0 Å². The van der Waals surface area contributed by atoms with E-state index in [4.69, 9.17) is 4.74 Å². The van der Waals surface area contributed by atoms with Gasteiger partial charge in [-0.3, -0.25) is 9.69 Å². The molecule has 0 radical (unpaired) electrons. The van der Waals surface area contributed by atoms with Crippen LogP contribution >= 0.6 is 0 Å². The van der Waals surface area contributed by atoms with Crippen LogP contribution in [0.4, 0.5) is 5.69 Å². The highest BCUT2D eigenvalue weighted by molar-refractivity contribution is 5.89. The quantitative estimate of drug-likeness (QED) is 0.747. The number of para-hydroxylation sites is 1. The maximum Gasteiger partial charge on any atom is 0.221 e. The number of carbonyl (C=O) groups excluding carboxylic acids is 1. The number of hydrogen-bond donors (Lipinski definition) is 2. The molecule has 1 heterocycles. The number of nitrogens with zero attached hydrogens (tertiary/aromatic N) is 1. The number of morpholine rings is 1. The van der Waals surface area contributed by atoms with Gasteiger partial charge in [0.2, 0.25) is 5.91 Å². The Morgan fingerprint density at radius 3 is 2.81 bits per heavy atom. The Labute approximate surface area is 126 Å². The van der Waals surface area contributed by atoms with Crippen molar-refractivity contribution in [2.75, 3.05) is 44.7 Å². The number of benzene rings is 1. The molecule has 1 saturated heterocycles. The summed E-state index contributed by atoms with van der Waals surface area (Å²) in [4.78, 5) is 13.6. The largest absolute Gasteiger partial charge is 0.379 e. The van der Waals surface area contributed by atoms with E-state index in [-0.39, 0.29) is 5.91 Å². The topological polar surface area (TPSA) is 53.6 Å². The fraction of sp³-hybridized carbons (Fsp3) is 0.562. The lowest BCUT2D eigenvalue weighted by Crippen LogP contribution is -2.37. The number of hydrogen-bond acceptors (Lipinski definition) is 4. The molecule has 0 spiro atoms. The molecule has 1 aliphatic heterocycles. The zero-order chi connectivity index (χ0) is 14.9. The van der Waals surface area contributed by atoms with Crippen molar-refractivity contribution >= 4 is 11.6 Å². The second-order valence-corrected chi connectivity index (χ2v) is 5.32. The first-order valence-corrected chi connectivity index (χ1v) is 7.62. The van der Waals surface area contributed by atoms with E-state index in [0.29, 0.717) is 0 Å². The highest BCUT2D eigenvalue weighted by Gasteiger charge is 2.09. The van der Waals surface area contributed by atoms with Crippen molar-refractivity contribution in [2.45, 2.75) is 19.9 Å². The maximum atomic E-state index is 11.2. The van der Waals surface area contributed by atoms with E-state index in [1.165, 1.54) is 6.92 Å². The van der Waals surface area contributed by atoms with Gasteiger partial charge in [-0.05, 0) is 31.1 Å². The Morgan fingerprint density at radius 2 is 2.05 bits per heavy atom. The number of rotatable bonds is 7. The zero-order valence-corrected chi connectivity index (χ0v) is 12.7. The molecule has 0 aliphatic carbocycles. The SMILES string of the molecule is CC(=O)Nc1ccccc1CNCCCN1CCOCC1. The lowest BCUT2D eigenvalue weighted by molar-refractivity contribution is -0.114. The van der Waals surface area contributed by atoms with Crippen LogP contribution in [0.5, 0.6) is 0 Å². The summed E-state index contributed by atoms with van der Waals surface area (Å²) < 4.78 is 5.34. The number of carbonyl (C=O) groups is 1. The maximum absolute atomic E-state index is 11.2. The fourth-order valence-electron chi connectivity index (χ4n) is 2.46. The van der Waals surface area contributed by atoms with Gasteiger partial charge in [-0.1, -0.05) is 18.2 Å². The number of ether oxygens (including phenoxy) is 1. The molecule has 0 aromatic heterocycles. The van der Waals surface area contributed by atoms with Crippen LogP contribution < -0.4 is 10.6 Å². The molecule has 1 aromatic rings. The van der Waals surface area contributed by atoms with Gasteiger partial charge in [0.15, 0.2) is 0 Å². The van der Waals surface area contributed by atoms with E-state index in [1.54, 1.807) is 0 Å². The molecule has 2 N–H and O–H groups in total. The predicted molar refractivity (Wildman–Crippen MR) is 84.3 cm³/mol. The fourth-order valence-corrected chi connectivity index (χ4v) is 2.46. The molecule has 2 rings (SSSR count). The van der Waals surface area contributed by atoms with Gasteiger partial charge in [0.05, 0.1) is 13.2 Å². The van der Waals surface area contributed by atoms with Crippen molar-refractivity contribution in [3.05, 3.63) is 29.8 Å². The van der Waals surface area contributed by atoms with Crippen molar-refractivity contribution in [3.8, 4) is 0 Å². The van der Waals surface area contributed by atoms with Crippen molar-refractivity contribution in [1.29, 1.82) is 0 Å². The summed E-state index contributed by atoms with van der Waals surface area (Å²) >= 11 is 0. The second-order valence-electron chi connectivity index (χ2n) is 5.32. The van der Waals surface area contributed by atoms with Crippen LogP contribution in [0.1, 0.15) is 18.9 Å². The van der Waals surface area contributed by atoms with Gasteiger partial charge in [-0.2, -0.15) is 0 Å². The standard InChI is InChI=1S/C16H25N3O2/c1-14(20)18-16-6-3-2-5-15(16)13-17-7-4-8-19-9-11-21-12-10-19/h2-3,5-6,17H,4,7-13H2,1H3,(H,18,20). The summed E-state index contributed by atoms with van der Waals surface area (Å²) in [5, 5.41) is 6.31. The van der Waals surface area contributed by atoms with Crippen molar-refractivity contribution in [1.82, 2.24) is 10.2 Å². The smallest absolute Gasteiger partial charge is 0.221 e. The Hall–Kier alpha value is -1.43. The molecule has 1 amide bonds. The third-order valence-corrected chi connectivity index (χ3v) is 3.58. The van der Waals surface area contributed by atoms with Gasteiger partial charge >= 0.3 is 0 Å². The second kappa shape index (κ2) is 8.77. The Kier molecular flexibility index (Phi) is 6.66. The van der Waals surface area contributed by atoms with E-state index in [9.17, 15) is 4.79 Å². The Balaban J connectivity index is 1.67. The van der Waals surface area contributed by atoms with Crippen LogP contribution in [0, 0.1) is 0 Å². The predicted octanol–water partition coefficient (Wildman–Crippen LogP) is 1.46. The number of nitrogens with one attached hydrogen (secondary N) is 2. The first-order valence-electron chi connectivity index (χ1n) is 7.62. The van der Waals surface area contributed by atoms with Crippen LogP contribution in [0.25, 0.3) is 0 Å². The summed E-state index contributed by atoms with van der Waals surface area (Å²) in [6.07, 6.45) is 1.13. The van der Waals surface area contributed by atoms with Crippen LogP contribution in [-0.2, 0) is 16.1 Å². The molecule has 1 aromatic carbocycles. The van der Waals surface area contributed by atoms with E-state index >= 15 is 0 Å². The average molecular weight is 291 g/mol. The molecule has 21 heavy (non-hydrogen) atoms. The molecule has 5 heteroatoms. The molecule has 0 saturated carbocycles. The summed E-state index contributed by atoms with van der Waals surface area (Å²) in [7, 11) is 0. The molecule has 116 valence electrons. The van der Waals surface area contributed by atoms with E-state index < -0.39 is 0 Å². The third kappa shape index (κ3) is 5.83. The minimum absolute atomic E-state index is 0.0326. The monoisotopic (exact) mass is 291 g/mol. The molecule has 1 fully saturated rings. The van der Waals surface area contributed by atoms with Crippen molar-refractivity contribution < 1.29 is 9.53 Å². The average Bonchev–Trinajstić information content (AvgIpc) is 2.49. The van der Waals surface area contributed by atoms with Gasteiger partial charge in [0.1, 0.15) is 0 Å². The minimum atomic E-state index is -0.0326. The molecule has 0 unspecified atom stereocenters. The molecular weight excluding hydrogens is 266 g/mol. The number of amides is 1. The first-order chi connectivity index (χ1) is 10.3.